The zero-order chi connectivity index (χ0) is 14.1. The molecule has 1 aliphatic carbocycles. The molecule has 110 valence electrons. The van der Waals surface area contributed by atoms with E-state index in [1.165, 1.54) is 12.8 Å². The number of hydrogen-bond donors (Lipinski definition) is 1. The van der Waals surface area contributed by atoms with E-state index in [-0.39, 0.29) is 11.5 Å². The maximum atomic E-state index is 12.0. The Morgan fingerprint density at radius 3 is 2.47 bits per heavy atom. The minimum Gasteiger partial charge on any atom is -0.444 e. The Labute approximate surface area is 116 Å². The lowest BCUT2D eigenvalue weighted by molar-refractivity contribution is -0.00118. The molecule has 0 aromatic carbocycles. The van der Waals surface area contributed by atoms with Crippen molar-refractivity contribution in [3.8, 4) is 0 Å². The van der Waals surface area contributed by atoms with Crippen molar-refractivity contribution in [2.45, 2.75) is 58.5 Å². The third-order valence-electron chi connectivity index (χ3n) is 4.72. The fraction of sp³-hybridized carbons (Fsp3) is 0.933. The van der Waals surface area contributed by atoms with Crippen LogP contribution < -0.4 is 0 Å². The predicted molar refractivity (Wildman–Crippen MR) is 73.9 cm³/mol. The Morgan fingerprint density at radius 2 is 1.95 bits per heavy atom. The smallest absolute Gasteiger partial charge is 0.410 e. The summed E-state index contributed by atoms with van der Waals surface area (Å²) in [5, 5.41) is 9.51. The number of ether oxygens (including phenoxy) is 1. The lowest BCUT2D eigenvalue weighted by atomic mass is 9.71. The van der Waals surface area contributed by atoms with E-state index in [2.05, 4.69) is 0 Å². The van der Waals surface area contributed by atoms with Crippen molar-refractivity contribution in [2.24, 2.45) is 11.3 Å². The summed E-state index contributed by atoms with van der Waals surface area (Å²) < 4.78 is 5.42. The molecule has 1 unspecified atom stereocenters. The summed E-state index contributed by atoms with van der Waals surface area (Å²) in [6.45, 7) is 7.53. The van der Waals surface area contributed by atoms with Gasteiger partial charge in [-0.1, -0.05) is 6.42 Å². The first-order valence-electron chi connectivity index (χ1n) is 7.45. The standard InChI is InChI=1S/C15H27NO3/c1-14(2,3)19-13(18)16-9-7-15(8-10-16)6-4-5-12(15)11-17/h12,17H,4-11H2,1-3H3. The molecule has 4 nitrogen and oxygen atoms in total. The third kappa shape index (κ3) is 3.22. The van der Waals surface area contributed by atoms with Crippen LogP contribution in [-0.4, -0.2) is 41.4 Å². The first kappa shape index (κ1) is 14.6. The Hall–Kier alpha value is -0.770. The van der Waals surface area contributed by atoms with Gasteiger partial charge in [0, 0.05) is 19.7 Å². The van der Waals surface area contributed by atoms with Crippen LogP contribution in [-0.2, 0) is 4.74 Å². The van der Waals surface area contributed by atoms with Crippen LogP contribution in [0.5, 0.6) is 0 Å². The molecule has 0 radical (unpaired) electrons. The average molecular weight is 269 g/mol. The number of amides is 1. The Morgan fingerprint density at radius 1 is 1.32 bits per heavy atom. The Balaban J connectivity index is 1.90. The molecule has 2 aliphatic rings. The van der Waals surface area contributed by atoms with Crippen LogP contribution >= 0.6 is 0 Å². The molecule has 0 aromatic rings. The van der Waals surface area contributed by atoms with Gasteiger partial charge in [-0.15, -0.1) is 0 Å². The molecule has 1 amide bonds. The first-order chi connectivity index (χ1) is 8.86. The van der Waals surface area contributed by atoms with E-state index in [4.69, 9.17) is 4.74 Å². The molecule has 4 heteroatoms. The average Bonchev–Trinajstić information content (AvgIpc) is 2.70. The van der Waals surface area contributed by atoms with Crippen molar-refractivity contribution in [3.63, 3.8) is 0 Å². The monoisotopic (exact) mass is 269 g/mol. The molecule has 0 bridgehead atoms. The van der Waals surface area contributed by atoms with Crippen molar-refractivity contribution >= 4 is 6.09 Å². The van der Waals surface area contributed by atoms with Crippen LogP contribution in [0.3, 0.4) is 0 Å². The maximum Gasteiger partial charge on any atom is 0.410 e. The van der Waals surface area contributed by atoms with E-state index in [9.17, 15) is 9.90 Å². The zero-order valence-electron chi connectivity index (χ0n) is 12.4. The molecular formula is C15H27NO3. The largest absolute Gasteiger partial charge is 0.444 e. The van der Waals surface area contributed by atoms with Gasteiger partial charge in [-0.3, -0.25) is 0 Å². The summed E-state index contributed by atoms with van der Waals surface area (Å²) in [5.74, 6) is 0.438. The second-order valence-corrected chi connectivity index (χ2v) is 7.10. The molecule has 2 rings (SSSR count). The fourth-order valence-electron chi connectivity index (χ4n) is 3.62. The van der Waals surface area contributed by atoms with Crippen LogP contribution in [0.4, 0.5) is 4.79 Å². The topological polar surface area (TPSA) is 49.8 Å². The highest BCUT2D eigenvalue weighted by Crippen LogP contribution is 2.50. The lowest BCUT2D eigenvalue weighted by Crippen LogP contribution is -2.46. The highest BCUT2D eigenvalue weighted by atomic mass is 16.6. The van der Waals surface area contributed by atoms with E-state index in [1.807, 2.05) is 25.7 Å². The van der Waals surface area contributed by atoms with Crippen molar-refractivity contribution < 1.29 is 14.6 Å². The quantitative estimate of drug-likeness (QED) is 0.796. The number of aliphatic hydroxyl groups is 1. The second kappa shape index (κ2) is 5.31. The number of aliphatic hydroxyl groups excluding tert-OH is 1. The van der Waals surface area contributed by atoms with Gasteiger partial charge in [-0.05, 0) is 57.8 Å². The normalized spacial score (nSPS) is 26.7. The lowest BCUT2D eigenvalue weighted by Gasteiger charge is -2.42. The van der Waals surface area contributed by atoms with Crippen molar-refractivity contribution in [2.75, 3.05) is 19.7 Å². The minimum absolute atomic E-state index is 0.194. The van der Waals surface area contributed by atoms with Gasteiger partial charge in [0.15, 0.2) is 0 Å². The van der Waals surface area contributed by atoms with Gasteiger partial charge in [0.25, 0.3) is 0 Å². The van der Waals surface area contributed by atoms with Crippen LogP contribution in [0.25, 0.3) is 0 Å². The van der Waals surface area contributed by atoms with E-state index < -0.39 is 5.60 Å². The molecule has 1 saturated heterocycles. The van der Waals surface area contributed by atoms with Gasteiger partial charge in [-0.2, -0.15) is 0 Å². The molecular weight excluding hydrogens is 242 g/mol. The molecule has 2 fully saturated rings. The molecule has 1 aliphatic heterocycles. The SMILES string of the molecule is CC(C)(C)OC(=O)N1CCC2(CCCC2CO)CC1. The summed E-state index contributed by atoms with van der Waals surface area (Å²) in [5.41, 5.74) is -0.138. The number of rotatable bonds is 1. The number of likely N-dealkylation sites (tertiary alicyclic amines) is 1. The number of carbonyl (C=O) groups is 1. The summed E-state index contributed by atoms with van der Waals surface area (Å²) >= 11 is 0. The van der Waals surface area contributed by atoms with Gasteiger partial charge in [-0.25, -0.2) is 4.79 Å². The van der Waals surface area contributed by atoms with E-state index in [1.54, 1.807) is 0 Å². The number of hydrogen-bond acceptors (Lipinski definition) is 3. The summed E-state index contributed by atoms with van der Waals surface area (Å²) in [7, 11) is 0. The number of carbonyl (C=O) groups excluding carboxylic acids is 1. The molecule has 1 heterocycles. The Kier molecular flexibility index (Phi) is 4.09. The number of nitrogens with zero attached hydrogens (tertiary/aromatic N) is 1. The number of piperidine rings is 1. The second-order valence-electron chi connectivity index (χ2n) is 7.10. The van der Waals surface area contributed by atoms with Crippen LogP contribution in [0.1, 0.15) is 52.9 Å². The van der Waals surface area contributed by atoms with Gasteiger partial charge in [0.1, 0.15) is 5.60 Å². The molecule has 1 saturated carbocycles. The maximum absolute atomic E-state index is 12.0. The highest BCUT2D eigenvalue weighted by molar-refractivity contribution is 5.68. The van der Waals surface area contributed by atoms with Gasteiger partial charge >= 0.3 is 6.09 Å². The van der Waals surface area contributed by atoms with Gasteiger partial charge in [0.2, 0.25) is 0 Å². The summed E-state index contributed by atoms with van der Waals surface area (Å²) in [6, 6.07) is 0. The molecule has 1 N–H and O–H groups in total. The Bertz CT molecular complexity index is 327. The van der Waals surface area contributed by atoms with Crippen molar-refractivity contribution in [1.29, 1.82) is 0 Å². The van der Waals surface area contributed by atoms with Crippen molar-refractivity contribution in [3.05, 3.63) is 0 Å². The zero-order valence-corrected chi connectivity index (χ0v) is 12.4. The third-order valence-corrected chi connectivity index (χ3v) is 4.72. The molecule has 0 aromatic heterocycles. The van der Waals surface area contributed by atoms with Gasteiger partial charge < -0.3 is 14.7 Å². The van der Waals surface area contributed by atoms with Gasteiger partial charge in [0.05, 0.1) is 0 Å². The van der Waals surface area contributed by atoms with Crippen molar-refractivity contribution in [1.82, 2.24) is 4.90 Å². The molecule has 1 atom stereocenters. The highest BCUT2D eigenvalue weighted by Gasteiger charge is 2.45. The summed E-state index contributed by atoms with van der Waals surface area (Å²) in [4.78, 5) is 13.8. The van der Waals surface area contributed by atoms with Crippen LogP contribution in [0.15, 0.2) is 0 Å². The summed E-state index contributed by atoms with van der Waals surface area (Å²) in [6.07, 6.45) is 5.40. The van der Waals surface area contributed by atoms with Crippen LogP contribution in [0, 0.1) is 11.3 Å². The molecule has 19 heavy (non-hydrogen) atoms. The fourth-order valence-corrected chi connectivity index (χ4v) is 3.62. The van der Waals surface area contributed by atoms with E-state index in [0.717, 1.165) is 32.4 Å². The minimum atomic E-state index is -0.423. The van der Waals surface area contributed by atoms with Crippen LogP contribution in [0.2, 0.25) is 0 Å². The van der Waals surface area contributed by atoms with E-state index >= 15 is 0 Å². The first-order valence-corrected chi connectivity index (χ1v) is 7.45. The van der Waals surface area contributed by atoms with E-state index in [0.29, 0.717) is 12.5 Å². The predicted octanol–water partition coefficient (Wildman–Crippen LogP) is 2.80. The molecule has 1 spiro atoms.